The van der Waals surface area contributed by atoms with E-state index in [-0.39, 0.29) is 5.97 Å². The van der Waals surface area contributed by atoms with Gasteiger partial charge in [-0.3, -0.25) is 0 Å². The number of ether oxygens (including phenoxy) is 3. The van der Waals surface area contributed by atoms with Crippen molar-refractivity contribution in [3.63, 3.8) is 0 Å². The van der Waals surface area contributed by atoms with Gasteiger partial charge in [-0.05, 0) is 42.8 Å². The third kappa shape index (κ3) is 6.58. The number of hydrogen-bond acceptors (Lipinski definition) is 5. The van der Waals surface area contributed by atoms with Gasteiger partial charge in [-0.2, -0.15) is 0 Å². The molecule has 148 valence electrons. The molecule has 0 aliphatic rings. The number of rotatable bonds is 11. The van der Waals surface area contributed by atoms with E-state index in [4.69, 9.17) is 14.2 Å². The molecule has 2 aromatic carbocycles. The van der Waals surface area contributed by atoms with Crippen LogP contribution < -0.4 is 9.47 Å². The van der Waals surface area contributed by atoms with Crippen LogP contribution in [0, 0.1) is 0 Å². The van der Waals surface area contributed by atoms with Gasteiger partial charge in [0.05, 0.1) is 12.2 Å². The number of unbranched alkanes of at least 4 members (excludes halogenated alkanes) is 3. The van der Waals surface area contributed by atoms with Crippen molar-refractivity contribution in [2.24, 2.45) is 0 Å². The van der Waals surface area contributed by atoms with Gasteiger partial charge in [0.1, 0.15) is 23.7 Å². The molecule has 5 nitrogen and oxygen atoms in total. The van der Waals surface area contributed by atoms with E-state index in [1.54, 1.807) is 54.6 Å². The van der Waals surface area contributed by atoms with Gasteiger partial charge in [0.2, 0.25) is 0 Å². The molecule has 0 fully saturated rings. The van der Waals surface area contributed by atoms with Gasteiger partial charge in [-0.25, -0.2) is 9.59 Å². The summed E-state index contributed by atoms with van der Waals surface area (Å²) in [6.07, 6.45) is 5.79. The summed E-state index contributed by atoms with van der Waals surface area (Å²) in [6.45, 7) is 6.43. The van der Waals surface area contributed by atoms with Gasteiger partial charge in [0.25, 0.3) is 0 Å². The Kier molecular flexibility index (Phi) is 8.79. The van der Waals surface area contributed by atoms with E-state index in [1.165, 1.54) is 0 Å². The van der Waals surface area contributed by atoms with E-state index in [1.807, 2.05) is 0 Å². The molecule has 0 N–H and O–H groups in total. The minimum Gasteiger partial charge on any atom is -0.489 e. The third-order valence-electron chi connectivity index (χ3n) is 4.00. The Bertz CT molecular complexity index is 780. The standard InChI is InChI=1S/C23H26O5/c1-3-5-6-9-17-27-22(24)18-12-14-19(15-13-18)28-23(25)20-10-7-8-11-21(20)26-16-4-2/h4,7-8,10-15H,2-3,5-6,9,16-17H2,1H3. The van der Waals surface area contributed by atoms with Crippen LogP contribution in [-0.4, -0.2) is 25.2 Å². The van der Waals surface area contributed by atoms with Gasteiger partial charge in [0, 0.05) is 0 Å². The number of hydrogen-bond donors (Lipinski definition) is 0. The molecule has 5 heteroatoms. The zero-order valence-electron chi connectivity index (χ0n) is 16.2. The second kappa shape index (κ2) is 11.6. The van der Waals surface area contributed by atoms with Gasteiger partial charge in [0.15, 0.2) is 0 Å². The second-order valence-electron chi connectivity index (χ2n) is 6.21. The molecule has 0 unspecified atom stereocenters. The minimum absolute atomic E-state index is 0.291. The molecular formula is C23H26O5. The van der Waals surface area contributed by atoms with Gasteiger partial charge < -0.3 is 14.2 Å². The minimum atomic E-state index is -0.536. The summed E-state index contributed by atoms with van der Waals surface area (Å²) in [4.78, 5) is 24.4. The average Bonchev–Trinajstić information content (AvgIpc) is 2.72. The Morgan fingerprint density at radius 2 is 1.71 bits per heavy atom. The predicted molar refractivity (Wildman–Crippen MR) is 108 cm³/mol. The lowest BCUT2D eigenvalue weighted by Gasteiger charge is -2.10. The van der Waals surface area contributed by atoms with Crippen molar-refractivity contribution in [2.45, 2.75) is 32.6 Å². The Morgan fingerprint density at radius 3 is 2.43 bits per heavy atom. The maximum absolute atomic E-state index is 12.4. The van der Waals surface area contributed by atoms with Crippen LogP contribution in [0.2, 0.25) is 0 Å². The van der Waals surface area contributed by atoms with E-state index in [0.717, 1.165) is 25.7 Å². The zero-order valence-corrected chi connectivity index (χ0v) is 16.2. The molecule has 0 saturated carbocycles. The van der Waals surface area contributed by atoms with Crippen molar-refractivity contribution in [2.75, 3.05) is 13.2 Å². The fraction of sp³-hybridized carbons (Fsp3) is 0.304. The van der Waals surface area contributed by atoms with Crippen LogP contribution in [0.4, 0.5) is 0 Å². The average molecular weight is 382 g/mol. The lowest BCUT2D eigenvalue weighted by atomic mass is 10.2. The lowest BCUT2D eigenvalue weighted by molar-refractivity contribution is 0.0497. The first kappa shape index (κ1) is 21.2. The SMILES string of the molecule is C=CCOc1ccccc1C(=O)Oc1ccc(C(=O)OCCCCCC)cc1. The molecule has 0 atom stereocenters. The monoisotopic (exact) mass is 382 g/mol. The molecule has 0 radical (unpaired) electrons. The van der Waals surface area contributed by atoms with Crippen LogP contribution in [0.3, 0.4) is 0 Å². The number of benzene rings is 2. The van der Waals surface area contributed by atoms with Crippen LogP contribution in [0.1, 0.15) is 53.3 Å². The highest BCUT2D eigenvalue weighted by molar-refractivity contribution is 5.94. The second-order valence-corrected chi connectivity index (χ2v) is 6.21. The molecule has 0 amide bonds. The molecule has 0 heterocycles. The van der Waals surface area contributed by atoms with E-state index < -0.39 is 5.97 Å². The molecule has 0 saturated heterocycles. The van der Waals surface area contributed by atoms with Crippen molar-refractivity contribution >= 4 is 11.9 Å². The summed E-state index contributed by atoms with van der Waals surface area (Å²) in [5.74, 6) is -0.151. The highest BCUT2D eigenvalue weighted by Gasteiger charge is 2.15. The third-order valence-corrected chi connectivity index (χ3v) is 4.00. The fourth-order valence-electron chi connectivity index (χ4n) is 2.51. The molecule has 0 aromatic heterocycles. The first-order valence-electron chi connectivity index (χ1n) is 9.47. The molecule has 2 aromatic rings. The van der Waals surface area contributed by atoms with Gasteiger partial charge >= 0.3 is 11.9 Å². The lowest BCUT2D eigenvalue weighted by Crippen LogP contribution is -2.11. The first-order chi connectivity index (χ1) is 13.7. The molecule has 28 heavy (non-hydrogen) atoms. The number of carbonyl (C=O) groups excluding carboxylic acids is 2. The topological polar surface area (TPSA) is 61.8 Å². The van der Waals surface area contributed by atoms with Crippen LogP contribution >= 0.6 is 0 Å². The van der Waals surface area contributed by atoms with Crippen LogP contribution in [0.15, 0.2) is 61.2 Å². The highest BCUT2D eigenvalue weighted by Crippen LogP contribution is 2.21. The summed E-state index contributed by atoms with van der Waals surface area (Å²) in [7, 11) is 0. The Labute approximate surface area is 165 Å². The van der Waals surface area contributed by atoms with Crippen molar-refractivity contribution in [1.82, 2.24) is 0 Å². The number of carbonyl (C=O) groups is 2. The Balaban J connectivity index is 1.92. The highest BCUT2D eigenvalue weighted by atomic mass is 16.5. The van der Waals surface area contributed by atoms with Gasteiger partial charge in [-0.1, -0.05) is 51.0 Å². The first-order valence-corrected chi connectivity index (χ1v) is 9.47. The zero-order chi connectivity index (χ0) is 20.2. The van der Waals surface area contributed by atoms with E-state index in [9.17, 15) is 9.59 Å². The summed E-state index contributed by atoms with van der Waals surface area (Å²) in [5.41, 5.74) is 0.741. The fourth-order valence-corrected chi connectivity index (χ4v) is 2.51. The predicted octanol–water partition coefficient (Wildman–Crippen LogP) is 5.21. The smallest absolute Gasteiger partial charge is 0.347 e. The molecule has 0 spiro atoms. The maximum atomic E-state index is 12.4. The Hall–Kier alpha value is -3.08. The molecule has 0 aliphatic carbocycles. The normalized spacial score (nSPS) is 10.2. The quantitative estimate of drug-likeness (QED) is 0.231. The summed E-state index contributed by atoms with van der Waals surface area (Å²) < 4.78 is 16.1. The van der Waals surface area contributed by atoms with E-state index in [0.29, 0.717) is 35.8 Å². The molecule has 2 rings (SSSR count). The molecule has 0 aliphatic heterocycles. The van der Waals surface area contributed by atoms with Crippen LogP contribution in [0.5, 0.6) is 11.5 Å². The van der Waals surface area contributed by atoms with Crippen molar-refractivity contribution in [1.29, 1.82) is 0 Å². The Morgan fingerprint density at radius 1 is 0.964 bits per heavy atom. The number of para-hydroxylation sites is 1. The maximum Gasteiger partial charge on any atom is 0.347 e. The van der Waals surface area contributed by atoms with Crippen LogP contribution in [0.25, 0.3) is 0 Å². The number of esters is 2. The molecular weight excluding hydrogens is 356 g/mol. The van der Waals surface area contributed by atoms with E-state index >= 15 is 0 Å². The van der Waals surface area contributed by atoms with Crippen molar-refractivity contribution < 1.29 is 23.8 Å². The van der Waals surface area contributed by atoms with Crippen molar-refractivity contribution in [3.05, 3.63) is 72.3 Å². The molecule has 0 bridgehead atoms. The van der Waals surface area contributed by atoms with Crippen LogP contribution in [-0.2, 0) is 4.74 Å². The summed E-state index contributed by atoms with van der Waals surface area (Å²) >= 11 is 0. The summed E-state index contributed by atoms with van der Waals surface area (Å²) in [6, 6.07) is 13.1. The largest absolute Gasteiger partial charge is 0.489 e. The van der Waals surface area contributed by atoms with E-state index in [2.05, 4.69) is 13.5 Å². The van der Waals surface area contributed by atoms with Gasteiger partial charge in [-0.15, -0.1) is 0 Å². The summed E-state index contributed by atoms with van der Waals surface area (Å²) in [5, 5.41) is 0. The van der Waals surface area contributed by atoms with Crippen molar-refractivity contribution in [3.8, 4) is 11.5 Å².